The molecule has 0 aliphatic carbocycles. The lowest BCUT2D eigenvalue weighted by Gasteiger charge is -2.14. The third-order valence-corrected chi connectivity index (χ3v) is 3.92. The first-order valence-electron chi connectivity index (χ1n) is 7.79. The maximum absolute atomic E-state index is 4.51. The highest BCUT2D eigenvalue weighted by molar-refractivity contribution is 5.54. The predicted molar refractivity (Wildman–Crippen MR) is 85.5 cm³/mol. The van der Waals surface area contributed by atoms with E-state index >= 15 is 0 Å². The molecule has 1 aliphatic rings. The lowest BCUT2D eigenvalue weighted by Crippen LogP contribution is -2.15. The summed E-state index contributed by atoms with van der Waals surface area (Å²) in [6.45, 7) is 1.56. The molecule has 0 saturated carbocycles. The molecule has 0 unspecified atom stereocenters. The van der Waals surface area contributed by atoms with Crippen molar-refractivity contribution in [2.75, 3.05) is 5.32 Å². The average Bonchev–Trinajstić information content (AvgIpc) is 3.04. The summed E-state index contributed by atoms with van der Waals surface area (Å²) < 4.78 is 2.19. The summed E-state index contributed by atoms with van der Waals surface area (Å²) in [6.07, 6.45) is 6.88. The number of anilines is 1. The summed E-state index contributed by atoms with van der Waals surface area (Å²) in [6, 6.07) is 7.62. The lowest BCUT2D eigenvalue weighted by molar-refractivity contribution is 0.509. The van der Waals surface area contributed by atoms with Crippen LogP contribution in [0.5, 0.6) is 0 Å². The average molecular weight is 307 g/mol. The summed E-state index contributed by atoms with van der Waals surface area (Å²) >= 11 is 0. The fraction of sp³-hybridized carbons (Fsp3) is 0.312. The van der Waals surface area contributed by atoms with Crippen LogP contribution in [0.1, 0.15) is 24.5 Å². The van der Waals surface area contributed by atoms with Crippen molar-refractivity contribution in [1.82, 2.24) is 29.7 Å². The van der Waals surface area contributed by atoms with Gasteiger partial charge in [-0.25, -0.2) is 9.97 Å². The van der Waals surface area contributed by atoms with Gasteiger partial charge in [0, 0.05) is 25.4 Å². The number of aromatic nitrogens is 6. The third-order valence-electron chi connectivity index (χ3n) is 3.92. The van der Waals surface area contributed by atoms with Gasteiger partial charge in [0.25, 0.3) is 0 Å². The Labute approximate surface area is 133 Å². The zero-order valence-corrected chi connectivity index (χ0v) is 12.7. The van der Waals surface area contributed by atoms with Gasteiger partial charge >= 0.3 is 0 Å². The van der Waals surface area contributed by atoms with Gasteiger partial charge < -0.3 is 9.88 Å². The Balaban J connectivity index is 1.50. The van der Waals surface area contributed by atoms with Crippen LogP contribution in [0.2, 0.25) is 0 Å². The Kier molecular flexibility index (Phi) is 3.67. The van der Waals surface area contributed by atoms with E-state index in [1.807, 2.05) is 24.3 Å². The van der Waals surface area contributed by atoms with Crippen molar-refractivity contribution in [2.24, 2.45) is 0 Å². The zero-order chi connectivity index (χ0) is 15.5. The molecule has 4 heterocycles. The van der Waals surface area contributed by atoms with Gasteiger partial charge in [-0.3, -0.25) is 4.98 Å². The smallest absolute Gasteiger partial charge is 0.223 e. The van der Waals surface area contributed by atoms with Crippen molar-refractivity contribution in [3.8, 4) is 11.4 Å². The number of hydrogen-bond donors (Lipinski definition) is 1. The maximum Gasteiger partial charge on any atom is 0.223 e. The minimum absolute atomic E-state index is 0.568. The number of nitrogens with zero attached hydrogens (tertiary/aromatic N) is 6. The Hall–Kier alpha value is -2.83. The summed E-state index contributed by atoms with van der Waals surface area (Å²) in [4.78, 5) is 13.1. The van der Waals surface area contributed by atoms with Gasteiger partial charge in [-0.1, -0.05) is 6.07 Å². The maximum atomic E-state index is 4.51. The molecule has 0 bridgehead atoms. The molecule has 4 rings (SSSR count). The highest BCUT2D eigenvalue weighted by Crippen LogP contribution is 2.16. The molecule has 116 valence electrons. The van der Waals surface area contributed by atoms with E-state index in [1.165, 1.54) is 12.8 Å². The number of nitrogens with one attached hydrogen (secondary N) is 1. The lowest BCUT2D eigenvalue weighted by atomic mass is 10.2. The Morgan fingerprint density at radius 1 is 1.00 bits per heavy atom. The van der Waals surface area contributed by atoms with Crippen LogP contribution in [0.4, 0.5) is 5.95 Å². The Morgan fingerprint density at radius 2 is 2.00 bits per heavy atom. The van der Waals surface area contributed by atoms with E-state index in [4.69, 9.17) is 0 Å². The van der Waals surface area contributed by atoms with Gasteiger partial charge in [0.15, 0.2) is 5.82 Å². The summed E-state index contributed by atoms with van der Waals surface area (Å²) in [5.74, 6) is 2.59. The molecule has 7 nitrogen and oxygen atoms in total. The molecule has 1 aliphatic heterocycles. The van der Waals surface area contributed by atoms with E-state index in [0.29, 0.717) is 12.5 Å². The molecule has 0 aromatic carbocycles. The van der Waals surface area contributed by atoms with Crippen molar-refractivity contribution in [3.63, 3.8) is 0 Å². The fourth-order valence-electron chi connectivity index (χ4n) is 2.76. The van der Waals surface area contributed by atoms with Crippen LogP contribution < -0.4 is 5.32 Å². The molecule has 3 aromatic heterocycles. The molecular weight excluding hydrogens is 290 g/mol. The number of pyridine rings is 1. The van der Waals surface area contributed by atoms with Gasteiger partial charge in [0.05, 0.1) is 17.9 Å². The summed E-state index contributed by atoms with van der Waals surface area (Å²) in [5, 5.41) is 11.8. The van der Waals surface area contributed by atoms with Crippen LogP contribution in [-0.2, 0) is 19.5 Å². The number of aryl methyl sites for hydroxylation is 1. The van der Waals surface area contributed by atoms with E-state index in [1.54, 1.807) is 12.4 Å². The first kappa shape index (κ1) is 13.8. The van der Waals surface area contributed by atoms with Crippen LogP contribution in [-0.4, -0.2) is 29.7 Å². The highest BCUT2D eigenvalue weighted by Gasteiger charge is 2.15. The van der Waals surface area contributed by atoms with Crippen molar-refractivity contribution in [3.05, 3.63) is 48.3 Å². The molecule has 3 aromatic rings. The van der Waals surface area contributed by atoms with Crippen molar-refractivity contribution < 1.29 is 0 Å². The van der Waals surface area contributed by atoms with E-state index in [9.17, 15) is 0 Å². The zero-order valence-electron chi connectivity index (χ0n) is 12.7. The van der Waals surface area contributed by atoms with Gasteiger partial charge in [-0.2, -0.15) is 0 Å². The van der Waals surface area contributed by atoms with Crippen LogP contribution in [0.15, 0.2) is 36.7 Å². The van der Waals surface area contributed by atoms with E-state index < -0.39 is 0 Å². The first-order valence-corrected chi connectivity index (χ1v) is 7.79. The number of fused-ring (bicyclic) bond motifs is 1. The van der Waals surface area contributed by atoms with E-state index in [-0.39, 0.29) is 0 Å². The number of hydrogen-bond acceptors (Lipinski definition) is 6. The van der Waals surface area contributed by atoms with Crippen LogP contribution in [0.25, 0.3) is 11.4 Å². The van der Waals surface area contributed by atoms with Crippen molar-refractivity contribution in [1.29, 1.82) is 0 Å². The van der Waals surface area contributed by atoms with Crippen molar-refractivity contribution in [2.45, 2.75) is 32.4 Å². The normalized spacial score (nSPS) is 13.6. The summed E-state index contributed by atoms with van der Waals surface area (Å²) in [7, 11) is 0. The molecule has 0 fully saturated rings. The quantitative estimate of drug-likeness (QED) is 0.794. The molecule has 23 heavy (non-hydrogen) atoms. The first-order chi connectivity index (χ1) is 11.4. The van der Waals surface area contributed by atoms with Gasteiger partial charge in [0.1, 0.15) is 5.82 Å². The minimum atomic E-state index is 0.568. The van der Waals surface area contributed by atoms with Gasteiger partial charge in [-0.05, 0) is 31.0 Å². The largest absolute Gasteiger partial charge is 0.347 e. The van der Waals surface area contributed by atoms with E-state index in [0.717, 1.165) is 36.0 Å². The molecule has 0 amide bonds. The summed E-state index contributed by atoms with van der Waals surface area (Å²) in [5.41, 5.74) is 1.63. The molecular formula is C16H17N7. The third kappa shape index (κ3) is 2.90. The van der Waals surface area contributed by atoms with Crippen LogP contribution in [0.3, 0.4) is 0 Å². The Morgan fingerprint density at radius 3 is 2.91 bits per heavy atom. The molecule has 0 spiro atoms. The molecule has 0 saturated heterocycles. The second kappa shape index (κ2) is 6.12. The fourth-order valence-corrected chi connectivity index (χ4v) is 2.76. The van der Waals surface area contributed by atoms with Crippen LogP contribution in [0, 0.1) is 0 Å². The van der Waals surface area contributed by atoms with Gasteiger partial charge in [-0.15, -0.1) is 10.2 Å². The molecule has 0 radical (unpaired) electrons. The van der Waals surface area contributed by atoms with Crippen molar-refractivity contribution >= 4 is 5.95 Å². The monoisotopic (exact) mass is 307 g/mol. The predicted octanol–water partition coefficient (Wildman–Crippen LogP) is 2.08. The molecule has 0 atom stereocenters. The van der Waals surface area contributed by atoms with E-state index in [2.05, 4.69) is 35.0 Å². The minimum Gasteiger partial charge on any atom is -0.347 e. The number of rotatable bonds is 4. The molecule has 1 N–H and O–H groups in total. The van der Waals surface area contributed by atoms with Gasteiger partial charge in [0.2, 0.25) is 5.95 Å². The molecule has 7 heteroatoms. The second-order valence-electron chi connectivity index (χ2n) is 5.48. The highest BCUT2D eigenvalue weighted by atomic mass is 15.3. The Bertz CT molecular complexity index is 797. The standard InChI is InChI=1S/C16H17N7/c1-3-8-17-12(5-1)13-7-9-18-16(20-13)19-11-15-22-21-14-6-2-4-10-23(14)15/h1,3,5,7-9H,2,4,6,10-11H2,(H,18,19,20). The topological polar surface area (TPSA) is 81.4 Å². The van der Waals surface area contributed by atoms with Crippen LogP contribution >= 0.6 is 0 Å². The SMILES string of the molecule is c1ccc(-c2ccnc(NCc3nnc4n3CCCC4)n2)nc1. The second-order valence-corrected chi connectivity index (χ2v) is 5.48.